The predicted molar refractivity (Wildman–Crippen MR) is 68.7 cm³/mol. The molecule has 17 heavy (non-hydrogen) atoms. The van der Waals surface area contributed by atoms with Crippen LogP contribution in [0.5, 0.6) is 0 Å². The Labute approximate surface area is 102 Å². The third kappa shape index (κ3) is 5.11. The maximum Gasteiger partial charge on any atom is 0.228 e. The summed E-state index contributed by atoms with van der Waals surface area (Å²) in [7, 11) is 0. The van der Waals surface area contributed by atoms with Gasteiger partial charge in [0, 0.05) is 18.0 Å². The second-order valence-corrected chi connectivity index (χ2v) is 4.08. The first-order valence-electron chi connectivity index (χ1n) is 5.65. The summed E-state index contributed by atoms with van der Waals surface area (Å²) in [5.74, 6) is -0.107. The lowest BCUT2D eigenvalue weighted by atomic mass is 10.1. The van der Waals surface area contributed by atoms with Crippen LogP contribution in [0.3, 0.4) is 0 Å². The highest BCUT2D eigenvalue weighted by Crippen LogP contribution is 2.05. The molecule has 1 N–H and O–H groups in total. The van der Waals surface area contributed by atoms with E-state index < -0.39 is 0 Å². The maximum absolute atomic E-state index is 11.5. The lowest BCUT2D eigenvalue weighted by molar-refractivity contribution is -0.117. The second kappa shape index (κ2) is 6.63. The smallest absolute Gasteiger partial charge is 0.228 e. The molecule has 0 fully saturated rings. The molecular weight excluding hydrogens is 214 g/mol. The van der Waals surface area contributed by atoms with Crippen LogP contribution in [0.2, 0.25) is 0 Å². The van der Waals surface area contributed by atoms with Gasteiger partial charge in [-0.3, -0.25) is 9.59 Å². The molecule has 0 heterocycles. The van der Waals surface area contributed by atoms with Gasteiger partial charge in [-0.1, -0.05) is 38.1 Å². The molecule has 0 unspecified atom stereocenters. The Kier molecular flexibility index (Phi) is 5.14. The topological polar surface area (TPSA) is 46.2 Å². The van der Waals surface area contributed by atoms with Gasteiger partial charge in [-0.15, -0.1) is 0 Å². The Morgan fingerprint density at radius 1 is 1.24 bits per heavy atom. The van der Waals surface area contributed by atoms with Gasteiger partial charge in [-0.25, -0.2) is 0 Å². The van der Waals surface area contributed by atoms with E-state index in [1.54, 1.807) is 6.08 Å². The van der Waals surface area contributed by atoms with Crippen molar-refractivity contribution in [2.75, 3.05) is 5.32 Å². The third-order valence-corrected chi connectivity index (χ3v) is 2.21. The van der Waals surface area contributed by atoms with Gasteiger partial charge in [0.25, 0.3) is 0 Å². The minimum Gasteiger partial charge on any atom is -0.326 e. The number of rotatable bonds is 5. The number of carbonyl (C=O) groups excluding carboxylic acids is 2. The summed E-state index contributed by atoms with van der Waals surface area (Å²) < 4.78 is 0. The molecule has 3 heteroatoms. The number of ketones is 1. The fourth-order valence-electron chi connectivity index (χ4n) is 1.21. The number of hydrogen-bond donors (Lipinski definition) is 1. The quantitative estimate of drug-likeness (QED) is 0.792. The SMILES string of the molecule is CC(C)C(=O)/C=C/CC(=O)Nc1ccccc1. The lowest BCUT2D eigenvalue weighted by Crippen LogP contribution is -2.10. The van der Waals surface area contributed by atoms with E-state index in [9.17, 15) is 9.59 Å². The van der Waals surface area contributed by atoms with Gasteiger partial charge in [0.15, 0.2) is 5.78 Å². The van der Waals surface area contributed by atoms with Crippen molar-refractivity contribution in [3.63, 3.8) is 0 Å². The number of nitrogens with one attached hydrogen (secondary N) is 1. The monoisotopic (exact) mass is 231 g/mol. The molecule has 0 aliphatic heterocycles. The molecular formula is C14H17NO2. The number of allylic oxidation sites excluding steroid dienone is 1. The van der Waals surface area contributed by atoms with Crippen molar-refractivity contribution >= 4 is 17.4 Å². The van der Waals surface area contributed by atoms with Gasteiger partial charge < -0.3 is 5.32 Å². The van der Waals surface area contributed by atoms with Gasteiger partial charge in [0.2, 0.25) is 5.91 Å². The predicted octanol–water partition coefficient (Wildman–Crippen LogP) is 2.80. The van der Waals surface area contributed by atoms with Crippen molar-refractivity contribution in [1.82, 2.24) is 0 Å². The third-order valence-electron chi connectivity index (χ3n) is 2.21. The van der Waals surface area contributed by atoms with Crippen LogP contribution in [0.1, 0.15) is 20.3 Å². The number of para-hydroxylation sites is 1. The highest BCUT2D eigenvalue weighted by Gasteiger charge is 2.03. The van der Waals surface area contributed by atoms with Gasteiger partial charge in [-0.2, -0.15) is 0 Å². The van der Waals surface area contributed by atoms with Crippen LogP contribution in [-0.4, -0.2) is 11.7 Å². The Hall–Kier alpha value is -1.90. The Bertz CT molecular complexity index is 407. The van der Waals surface area contributed by atoms with Crippen LogP contribution in [0.25, 0.3) is 0 Å². The number of hydrogen-bond acceptors (Lipinski definition) is 2. The first-order valence-corrected chi connectivity index (χ1v) is 5.65. The molecule has 0 aliphatic carbocycles. The second-order valence-electron chi connectivity index (χ2n) is 4.08. The van der Waals surface area contributed by atoms with Crippen LogP contribution in [0.15, 0.2) is 42.5 Å². The average Bonchev–Trinajstić information content (AvgIpc) is 2.30. The molecule has 1 amide bonds. The zero-order valence-electron chi connectivity index (χ0n) is 10.1. The van der Waals surface area contributed by atoms with Gasteiger partial charge >= 0.3 is 0 Å². The van der Waals surface area contributed by atoms with E-state index in [1.165, 1.54) is 6.08 Å². The molecule has 0 saturated heterocycles. The molecule has 1 rings (SSSR count). The molecule has 0 atom stereocenters. The van der Waals surface area contributed by atoms with Gasteiger partial charge in [0.1, 0.15) is 0 Å². The van der Waals surface area contributed by atoms with Crippen LogP contribution in [-0.2, 0) is 9.59 Å². The fraction of sp³-hybridized carbons (Fsp3) is 0.286. The van der Waals surface area contributed by atoms with E-state index in [-0.39, 0.29) is 24.0 Å². The zero-order valence-corrected chi connectivity index (χ0v) is 10.1. The standard InChI is InChI=1S/C14H17NO2/c1-11(2)13(16)9-6-10-14(17)15-12-7-4-3-5-8-12/h3-9,11H,10H2,1-2H3,(H,15,17)/b9-6+. The summed E-state index contributed by atoms with van der Waals surface area (Å²) in [4.78, 5) is 22.8. The van der Waals surface area contributed by atoms with E-state index in [0.29, 0.717) is 0 Å². The molecule has 0 radical (unpaired) electrons. The Morgan fingerprint density at radius 3 is 2.47 bits per heavy atom. The maximum atomic E-state index is 11.5. The summed E-state index contributed by atoms with van der Waals surface area (Å²) in [6, 6.07) is 9.24. The molecule has 0 saturated carbocycles. The van der Waals surface area contributed by atoms with Crippen LogP contribution >= 0.6 is 0 Å². The van der Waals surface area contributed by atoms with Crippen molar-refractivity contribution in [2.45, 2.75) is 20.3 Å². The number of carbonyl (C=O) groups is 2. The van der Waals surface area contributed by atoms with Crippen LogP contribution in [0.4, 0.5) is 5.69 Å². The molecule has 1 aromatic carbocycles. The number of amides is 1. The van der Waals surface area contributed by atoms with Crippen molar-refractivity contribution in [3.8, 4) is 0 Å². The highest BCUT2D eigenvalue weighted by molar-refractivity contribution is 5.94. The normalized spacial score (nSPS) is 10.8. The highest BCUT2D eigenvalue weighted by atomic mass is 16.1. The molecule has 3 nitrogen and oxygen atoms in total. The molecule has 0 aromatic heterocycles. The Balaban J connectivity index is 2.39. The summed E-state index contributed by atoms with van der Waals surface area (Å²) in [6.07, 6.45) is 3.28. The summed E-state index contributed by atoms with van der Waals surface area (Å²) in [6.45, 7) is 3.66. The summed E-state index contributed by atoms with van der Waals surface area (Å²) in [5, 5.41) is 2.74. The van der Waals surface area contributed by atoms with Crippen molar-refractivity contribution in [3.05, 3.63) is 42.5 Å². The minimum atomic E-state index is -0.121. The van der Waals surface area contributed by atoms with E-state index in [2.05, 4.69) is 5.32 Å². The zero-order chi connectivity index (χ0) is 12.7. The van der Waals surface area contributed by atoms with E-state index in [4.69, 9.17) is 0 Å². The Morgan fingerprint density at radius 2 is 1.88 bits per heavy atom. The van der Waals surface area contributed by atoms with Crippen molar-refractivity contribution < 1.29 is 9.59 Å². The number of benzene rings is 1. The van der Waals surface area contributed by atoms with E-state index >= 15 is 0 Å². The molecule has 90 valence electrons. The average molecular weight is 231 g/mol. The molecule has 0 spiro atoms. The largest absolute Gasteiger partial charge is 0.326 e. The van der Waals surface area contributed by atoms with E-state index in [0.717, 1.165) is 5.69 Å². The van der Waals surface area contributed by atoms with Crippen LogP contribution < -0.4 is 5.32 Å². The minimum absolute atomic E-state index is 0.0246. The van der Waals surface area contributed by atoms with E-state index in [1.807, 2.05) is 44.2 Å². The lowest BCUT2D eigenvalue weighted by Gasteiger charge is -2.02. The van der Waals surface area contributed by atoms with Gasteiger partial charge in [-0.05, 0) is 18.2 Å². The van der Waals surface area contributed by atoms with Gasteiger partial charge in [0.05, 0.1) is 0 Å². The molecule has 0 aliphatic rings. The number of anilines is 1. The van der Waals surface area contributed by atoms with Crippen molar-refractivity contribution in [1.29, 1.82) is 0 Å². The first kappa shape index (κ1) is 13.2. The van der Waals surface area contributed by atoms with Crippen molar-refractivity contribution in [2.24, 2.45) is 5.92 Å². The molecule has 1 aromatic rings. The summed E-state index contributed by atoms with van der Waals surface area (Å²) in [5.41, 5.74) is 0.765. The van der Waals surface area contributed by atoms with Crippen LogP contribution in [0, 0.1) is 5.92 Å². The molecule has 0 bridgehead atoms. The first-order chi connectivity index (χ1) is 8.09. The fourth-order valence-corrected chi connectivity index (χ4v) is 1.21. The summed E-state index contributed by atoms with van der Waals surface area (Å²) >= 11 is 0.